The van der Waals surface area contributed by atoms with Crippen molar-refractivity contribution >= 4 is 85.0 Å². The number of aliphatic hydroxyl groups excluding tert-OH is 1. The number of rotatable bonds is 24. The van der Waals surface area contributed by atoms with Gasteiger partial charge in [0.1, 0.15) is 59.1 Å². The number of hydrogen-bond donors (Lipinski definition) is 6. The first-order valence-electron chi connectivity index (χ1n) is 35.0. The lowest BCUT2D eigenvalue weighted by Crippen LogP contribution is -2.41. The molecule has 0 saturated carbocycles. The summed E-state index contributed by atoms with van der Waals surface area (Å²) in [5, 5.41) is 36.0. The van der Waals surface area contributed by atoms with Crippen LogP contribution in [-0.2, 0) is 43.7 Å². The topological polar surface area (TPSA) is 336 Å². The first-order valence-corrected chi connectivity index (χ1v) is 43.5. The van der Waals surface area contributed by atoms with Crippen LogP contribution in [0.15, 0.2) is 123 Å². The Balaban J connectivity index is 0. The third-order valence-electron chi connectivity index (χ3n) is 13.7. The number of pyridine rings is 6. The molecule has 0 fully saturated rings. The molecule has 27 nitrogen and oxygen atoms in total. The van der Waals surface area contributed by atoms with Gasteiger partial charge in [0.2, 0.25) is 0 Å². The Bertz CT molecular complexity index is 3570. The maximum absolute atomic E-state index is 11.6. The number of nitrogens with zero attached hydrogens (tertiary/aromatic N) is 6. The van der Waals surface area contributed by atoms with Crippen molar-refractivity contribution in [1.29, 1.82) is 0 Å². The highest BCUT2D eigenvalue weighted by Gasteiger charge is 2.38. The SMILES string of the molecule is CC(C)(C)OC(=O)NCC#Cc1ccncc1O.CC(C)(C)OC(=O)NCC#Cc1ccncc1OCCO[Si](C)(C)C(C)(C)C.CC(C)(C)OC(=O)NCCCc1ccncc1OCCO.CC(C)(C)[Si](C)(C)OCCBr.COCCl.COCOc1cccnc1.COCOc1cnccc1I.Oc1cccnc1. The van der Waals surface area contributed by atoms with Gasteiger partial charge in [0.05, 0.1) is 78.2 Å². The summed E-state index contributed by atoms with van der Waals surface area (Å²) >= 11 is 10.5. The van der Waals surface area contributed by atoms with E-state index in [1.54, 1.807) is 122 Å². The van der Waals surface area contributed by atoms with Gasteiger partial charge in [-0.3, -0.25) is 29.9 Å². The largest absolute Gasteiger partial charge is 0.506 e. The predicted octanol–water partition coefficient (Wildman–Crippen LogP) is 15.7. The van der Waals surface area contributed by atoms with Crippen molar-refractivity contribution in [2.75, 3.05) is 99.0 Å². The van der Waals surface area contributed by atoms with Crippen molar-refractivity contribution < 1.29 is 85.9 Å². The molecule has 0 bridgehead atoms. The number of nitrogens with one attached hydrogen (secondary N) is 3. The standard InChI is InChI=1S/C21H34N2O4Si.C15H24N2O4.C13H16N2O3.C8H19BrOSi.C7H8INO2.C7H9NO2.C5H5NO.C2H5ClO/c1-20(2,3)27-19(24)23-12-9-10-17-11-13-22-16-18(17)25-14-15-26-28(7,8)21(4,5)6;1-15(2,3)21-14(19)17-7-4-5-12-6-8-16-11-13(12)20-10-9-18;1-13(2,3)18-12(17)15-7-4-5-10-6-8-14-9-11(10)16;1-8(2,3)11(4,5)10-7-6-9;1-10-5-11-7-4-9-3-2-6(7)8;1-9-6-10-7-3-2-4-8-5-7;7-5-2-1-3-6-4-5;1-4-2-3/h11,13,16H,12,14-15H2,1-8H3,(H,23,24);6,8,11,18H,4-5,7,9-10H2,1-3H3,(H,17,19);6,8-9,16H,7H2,1-3H3,(H,15,17);6-7H2,1-5H3;2-4H,5H2,1H3;2-5H,6H2,1H3;1-4,7H;2H2,1H3. The molecule has 0 aromatic carbocycles. The molecule has 110 heavy (non-hydrogen) atoms. The third kappa shape index (κ3) is 56.5. The number of aromatic nitrogens is 6. The summed E-state index contributed by atoms with van der Waals surface area (Å²) in [6.45, 7) is 42.1. The lowest BCUT2D eigenvalue weighted by molar-refractivity contribution is 0.0501. The summed E-state index contributed by atoms with van der Waals surface area (Å²) in [5.41, 5.74) is 0.644. The minimum absolute atomic E-state index is 0.0160. The van der Waals surface area contributed by atoms with Crippen LogP contribution in [0.2, 0.25) is 36.3 Å². The lowest BCUT2D eigenvalue weighted by atomic mass is 10.1. The van der Waals surface area contributed by atoms with Crippen molar-refractivity contribution in [3.63, 3.8) is 0 Å². The van der Waals surface area contributed by atoms with E-state index in [-0.39, 0.29) is 56.4 Å². The van der Waals surface area contributed by atoms with Crippen molar-refractivity contribution in [2.45, 2.75) is 170 Å². The van der Waals surface area contributed by atoms with E-state index < -0.39 is 51.7 Å². The van der Waals surface area contributed by atoms with Gasteiger partial charge in [0, 0.05) is 77.0 Å². The number of alkyl carbamates (subject to hydrolysis) is 3. The maximum atomic E-state index is 11.6. The van der Waals surface area contributed by atoms with E-state index in [4.69, 9.17) is 73.3 Å². The zero-order chi connectivity index (χ0) is 83.7. The number of alkyl halides is 2. The van der Waals surface area contributed by atoms with E-state index >= 15 is 0 Å². The summed E-state index contributed by atoms with van der Waals surface area (Å²) < 4.78 is 63.6. The molecule has 614 valence electrons. The minimum atomic E-state index is -1.79. The second kappa shape index (κ2) is 58.2. The maximum Gasteiger partial charge on any atom is 0.408 e. The van der Waals surface area contributed by atoms with Crippen molar-refractivity contribution in [1.82, 2.24) is 45.9 Å². The highest BCUT2D eigenvalue weighted by molar-refractivity contribution is 14.1. The van der Waals surface area contributed by atoms with Crippen LogP contribution in [0.4, 0.5) is 14.4 Å². The number of aliphatic hydroxyl groups is 1. The summed E-state index contributed by atoms with van der Waals surface area (Å²) in [5.74, 6) is 14.3. The van der Waals surface area contributed by atoms with E-state index in [2.05, 4.69) is 181 Å². The number of ether oxygens (including phenoxy) is 10. The number of methoxy groups -OCH3 is 3. The molecule has 0 spiro atoms. The molecule has 0 unspecified atom stereocenters. The Morgan fingerprint density at radius 1 is 0.518 bits per heavy atom. The van der Waals surface area contributed by atoms with Crippen molar-refractivity contribution in [3.8, 4) is 58.2 Å². The van der Waals surface area contributed by atoms with Crippen molar-refractivity contribution in [2.24, 2.45) is 0 Å². The van der Waals surface area contributed by atoms with E-state index in [9.17, 15) is 19.5 Å². The highest BCUT2D eigenvalue weighted by Crippen LogP contribution is 2.37. The number of aryl methyl sites for hydroxylation is 1. The van der Waals surface area contributed by atoms with Gasteiger partial charge in [-0.15, -0.1) is 0 Å². The fourth-order valence-electron chi connectivity index (χ4n) is 6.59. The van der Waals surface area contributed by atoms with E-state index in [1.165, 1.54) is 18.6 Å². The van der Waals surface area contributed by atoms with Gasteiger partial charge in [-0.1, -0.05) is 92.8 Å². The second-order valence-electron chi connectivity index (χ2n) is 28.6. The van der Waals surface area contributed by atoms with Gasteiger partial charge in [-0.2, -0.15) is 0 Å². The monoisotopic (exact) mass is 1770 g/mol. The Morgan fingerprint density at radius 3 is 1.41 bits per heavy atom. The van der Waals surface area contributed by atoms with E-state index in [1.807, 2.05) is 65.8 Å². The highest BCUT2D eigenvalue weighted by atomic mass is 127. The quantitative estimate of drug-likeness (QED) is 0.00623. The molecular formula is C78H120BrClIN9O18Si2. The molecule has 0 saturated heterocycles. The second-order valence-corrected chi connectivity index (χ2v) is 40.4. The van der Waals surface area contributed by atoms with Crippen LogP contribution in [-0.4, -0.2) is 196 Å². The van der Waals surface area contributed by atoms with Crippen LogP contribution in [0.25, 0.3) is 0 Å². The number of hydrogen-bond acceptors (Lipinski definition) is 24. The molecule has 32 heteroatoms. The van der Waals surface area contributed by atoms with E-state index in [0.29, 0.717) is 53.5 Å². The van der Waals surface area contributed by atoms with Crippen molar-refractivity contribution in [3.05, 3.63) is 143 Å². The van der Waals surface area contributed by atoms with Crippen LogP contribution < -0.4 is 34.9 Å². The number of amides is 3. The molecule has 0 aliphatic carbocycles. The first kappa shape index (κ1) is 104. The van der Waals surface area contributed by atoms with Crippen LogP contribution in [0.5, 0.6) is 34.5 Å². The van der Waals surface area contributed by atoms with Crippen LogP contribution >= 0.6 is 50.1 Å². The Kier molecular flexibility index (Phi) is 55.3. The molecule has 6 heterocycles. The van der Waals surface area contributed by atoms with E-state index in [0.717, 1.165) is 45.4 Å². The van der Waals surface area contributed by atoms with Crippen LogP contribution in [0.3, 0.4) is 0 Å². The fourth-order valence-corrected chi connectivity index (χ4v) is 9.58. The van der Waals surface area contributed by atoms with Gasteiger partial charge >= 0.3 is 18.3 Å². The molecule has 6 aromatic heterocycles. The zero-order valence-corrected chi connectivity index (χ0v) is 74.7. The molecule has 6 aromatic rings. The number of carbonyl (C=O) groups is 3. The average Bonchev–Trinajstić information content (AvgIpc) is 0.847. The summed E-state index contributed by atoms with van der Waals surface area (Å²) in [4.78, 5) is 57.6. The Hall–Kier alpha value is -7.68. The molecule has 0 atom stereocenters. The van der Waals surface area contributed by atoms with Crippen LogP contribution in [0, 0.1) is 27.3 Å². The third-order valence-corrected chi connectivity index (χ3v) is 24.2. The average molecular weight is 1770 g/mol. The molecule has 0 aliphatic rings. The van der Waals surface area contributed by atoms with Gasteiger partial charge in [-0.25, -0.2) is 14.4 Å². The first-order chi connectivity index (χ1) is 51.5. The van der Waals surface area contributed by atoms with Gasteiger partial charge < -0.3 is 87.5 Å². The summed E-state index contributed by atoms with van der Waals surface area (Å²) in [6, 6.07) is 14.3. The smallest absolute Gasteiger partial charge is 0.408 e. The molecule has 3 amide bonds. The van der Waals surface area contributed by atoms with Crippen LogP contribution in [0.1, 0.15) is 127 Å². The predicted molar refractivity (Wildman–Crippen MR) is 447 cm³/mol. The Morgan fingerprint density at radius 2 is 0.964 bits per heavy atom. The zero-order valence-electron chi connectivity index (χ0n) is 68.2. The van der Waals surface area contributed by atoms with Gasteiger partial charge in [-0.05, 0) is 188 Å². The molecule has 6 rings (SSSR count). The molecule has 6 N–H and O–H groups in total. The number of halogens is 3. The molecule has 0 aliphatic heterocycles. The minimum Gasteiger partial charge on any atom is -0.506 e. The number of aromatic hydroxyl groups is 2. The number of carbonyl (C=O) groups excluding carboxylic acids is 3. The Labute approximate surface area is 682 Å². The fraction of sp³-hybridized carbons (Fsp3) is 0.526. The van der Waals surface area contributed by atoms with Gasteiger partial charge in [0.15, 0.2) is 41.7 Å². The summed E-state index contributed by atoms with van der Waals surface area (Å²) in [6.07, 6.45) is 19.3. The van der Waals surface area contributed by atoms with Gasteiger partial charge in [0.25, 0.3) is 0 Å². The molecular weight excluding hydrogens is 1650 g/mol. The normalized spacial score (nSPS) is 10.8. The summed E-state index contributed by atoms with van der Waals surface area (Å²) in [7, 11) is 1.47. The lowest BCUT2D eigenvalue weighted by Gasteiger charge is -2.36. The molecule has 0 radical (unpaired) electrons.